The standard InChI is InChI=1S/C10H13NO/c1-12-10-9-5-3-2-4-8(9)6-7-11-10/h2-5,10-11H,6-7H2,1H3. The minimum absolute atomic E-state index is 0.0925. The Labute approximate surface area is 72.5 Å². The summed E-state index contributed by atoms with van der Waals surface area (Å²) in [5.74, 6) is 0. The van der Waals surface area contributed by atoms with Crippen molar-refractivity contribution in [2.45, 2.75) is 12.6 Å². The fourth-order valence-corrected chi connectivity index (χ4v) is 1.68. The van der Waals surface area contributed by atoms with E-state index in [2.05, 4.69) is 29.6 Å². The van der Waals surface area contributed by atoms with Gasteiger partial charge in [-0.1, -0.05) is 24.3 Å². The first kappa shape index (κ1) is 7.77. The highest BCUT2D eigenvalue weighted by Gasteiger charge is 2.17. The molecule has 0 amide bonds. The Hall–Kier alpha value is -0.860. The van der Waals surface area contributed by atoms with Gasteiger partial charge in [0.2, 0.25) is 0 Å². The van der Waals surface area contributed by atoms with Crippen LogP contribution in [0.1, 0.15) is 17.4 Å². The molecular weight excluding hydrogens is 150 g/mol. The van der Waals surface area contributed by atoms with E-state index in [0.29, 0.717) is 0 Å². The topological polar surface area (TPSA) is 21.3 Å². The highest BCUT2D eigenvalue weighted by atomic mass is 16.5. The average molecular weight is 163 g/mol. The van der Waals surface area contributed by atoms with Crippen molar-refractivity contribution in [3.05, 3.63) is 35.4 Å². The van der Waals surface area contributed by atoms with Crippen molar-refractivity contribution in [3.8, 4) is 0 Å². The number of benzene rings is 1. The molecule has 1 aromatic rings. The SMILES string of the molecule is COC1NCCc2ccccc21. The molecule has 64 valence electrons. The maximum Gasteiger partial charge on any atom is 0.134 e. The molecule has 0 aliphatic carbocycles. The molecule has 1 N–H and O–H groups in total. The minimum Gasteiger partial charge on any atom is -0.362 e. The largest absolute Gasteiger partial charge is 0.362 e. The quantitative estimate of drug-likeness (QED) is 0.677. The van der Waals surface area contributed by atoms with E-state index in [9.17, 15) is 0 Å². The number of hydrogen-bond acceptors (Lipinski definition) is 2. The highest BCUT2D eigenvalue weighted by Crippen LogP contribution is 2.22. The first-order valence-electron chi connectivity index (χ1n) is 4.26. The molecule has 1 heterocycles. The van der Waals surface area contributed by atoms with Crippen molar-refractivity contribution in [1.82, 2.24) is 5.32 Å². The van der Waals surface area contributed by atoms with Crippen LogP contribution in [0.4, 0.5) is 0 Å². The summed E-state index contributed by atoms with van der Waals surface area (Å²) in [5.41, 5.74) is 2.69. The molecule has 0 aromatic heterocycles. The molecule has 1 unspecified atom stereocenters. The zero-order valence-corrected chi connectivity index (χ0v) is 7.21. The molecule has 2 rings (SSSR count). The zero-order valence-electron chi connectivity index (χ0n) is 7.21. The highest BCUT2D eigenvalue weighted by molar-refractivity contribution is 5.30. The summed E-state index contributed by atoms with van der Waals surface area (Å²) >= 11 is 0. The summed E-state index contributed by atoms with van der Waals surface area (Å²) in [6.45, 7) is 1.01. The molecule has 1 aliphatic heterocycles. The van der Waals surface area contributed by atoms with Crippen LogP contribution in [-0.2, 0) is 11.2 Å². The van der Waals surface area contributed by atoms with Crippen LogP contribution in [0.3, 0.4) is 0 Å². The smallest absolute Gasteiger partial charge is 0.134 e. The van der Waals surface area contributed by atoms with Gasteiger partial charge in [0.25, 0.3) is 0 Å². The third kappa shape index (κ3) is 1.24. The van der Waals surface area contributed by atoms with Gasteiger partial charge in [0.05, 0.1) is 0 Å². The summed E-state index contributed by atoms with van der Waals surface area (Å²) in [6.07, 6.45) is 1.20. The molecule has 0 spiro atoms. The predicted molar refractivity (Wildman–Crippen MR) is 47.9 cm³/mol. The van der Waals surface area contributed by atoms with Crippen LogP contribution in [0.25, 0.3) is 0 Å². The van der Waals surface area contributed by atoms with Crippen LogP contribution in [0.2, 0.25) is 0 Å². The molecule has 0 saturated heterocycles. The van der Waals surface area contributed by atoms with Gasteiger partial charge in [-0.25, -0.2) is 0 Å². The molecule has 0 radical (unpaired) electrons. The first-order valence-corrected chi connectivity index (χ1v) is 4.26. The number of methoxy groups -OCH3 is 1. The van der Waals surface area contributed by atoms with Gasteiger partial charge >= 0.3 is 0 Å². The normalized spacial score (nSPS) is 21.9. The molecule has 1 atom stereocenters. The Kier molecular flexibility index (Phi) is 2.11. The second kappa shape index (κ2) is 3.25. The maximum absolute atomic E-state index is 5.31. The summed E-state index contributed by atoms with van der Waals surface area (Å²) in [4.78, 5) is 0. The van der Waals surface area contributed by atoms with E-state index in [4.69, 9.17) is 4.74 Å². The Bertz CT molecular complexity index is 272. The van der Waals surface area contributed by atoms with E-state index in [1.54, 1.807) is 7.11 Å². The number of nitrogens with one attached hydrogen (secondary N) is 1. The van der Waals surface area contributed by atoms with Crippen LogP contribution in [0.5, 0.6) is 0 Å². The third-order valence-electron chi connectivity index (χ3n) is 2.30. The summed E-state index contributed by atoms with van der Waals surface area (Å²) in [6, 6.07) is 8.42. The summed E-state index contributed by atoms with van der Waals surface area (Å²) < 4.78 is 5.31. The first-order chi connectivity index (χ1) is 5.92. The van der Waals surface area contributed by atoms with E-state index in [1.807, 2.05) is 0 Å². The van der Waals surface area contributed by atoms with E-state index >= 15 is 0 Å². The molecule has 12 heavy (non-hydrogen) atoms. The van der Waals surface area contributed by atoms with E-state index in [0.717, 1.165) is 13.0 Å². The maximum atomic E-state index is 5.31. The van der Waals surface area contributed by atoms with E-state index in [1.165, 1.54) is 11.1 Å². The Morgan fingerprint density at radius 3 is 3.08 bits per heavy atom. The van der Waals surface area contributed by atoms with Gasteiger partial charge in [0, 0.05) is 13.7 Å². The molecule has 1 aromatic carbocycles. The van der Waals surface area contributed by atoms with Crippen molar-refractivity contribution in [2.75, 3.05) is 13.7 Å². The van der Waals surface area contributed by atoms with E-state index < -0.39 is 0 Å². The lowest BCUT2D eigenvalue weighted by atomic mass is 10.00. The number of ether oxygens (including phenoxy) is 1. The predicted octanol–water partition coefficient (Wildman–Crippen LogP) is 1.48. The van der Waals surface area contributed by atoms with Gasteiger partial charge in [0.15, 0.2) is 0 Å². The van der Waals surface area contributed by atoms with E-state index in [-0.39, 0.29) is 6.23 Å². The van der Waals surface area contributed by atoms with Gasteiger partial charge in [-0.15, -0.1) is 0 Å². The molecule has 0 bridgehead atoms. The lowest BCUT2D eigenvalue weighted by Crippen LogP contribution is -2.30. The monoisotopic (exact) mass is 163 g/mol. The van der Waals surface area contributed by atoms with Gasteiger partial charge < -0.3 is 4.74 Å². The lowest BCUT2D eigenvalue weighted by Gasteiger charge is -2.25. The average Bonchev–Trinajstić information content (AvgIpc) is 2.17. The van der Waals surface area contributed by atoms with Crippen molar-refractivity contribution in [3.63, 3.8) is 0 Å². The second-order valence-electron chi connectivity index (χ2n) is 3.02. The molecule has 2 nitrogen and oxygen atoms in total. The van der Waals surface area contributed by atoms with Crippen molar-refractivity contribution in [1.29, 1.82) is 0 Å². The Morgan fingerprint density at radius 2 is 2.25 bits per heavy atom. The number of hydrogen-bond donors (Lipinski definition) is 1. The number of fused-ring (bicyclic) bond motifs is 1. The van der Waals surface area contributed by atoms with Gasteiger partial charge in [-0.2, -0.15) is 0 Å². The van der Waals surface area contributed by atoms with Gasteiger partial charge in [-0.05, 0) is 17.5 Å². The van der Waals surface area contributed by atoms with Crippen molar-refractivity contribution < 1.29 is 4.74 Å². The molecule has 0 saturated carbocycles. The Balaban J connectivity index is 2.37. The fraction of sp³-hybridized carbons (Fsp3) is 0.400. The van der Waals surface area contributed by atoms with Crippen LogP contribution in [-0.4, -0.2) is 13.7 Å². The third-order valence-corrected chi connectivity index (χ3v) is 2.30. The fourth-order valence-electron chi connectivity index (χ4n) is 1.68. The number of rotatable bonds is 1. The van der Waals surface area contributed by atoms with Crippen molar-refractivity contribution in [2.24, 2.45) is 0 Å². The second-order valence-corrected chi connectivity index (χ2v) is 3.02. The minimum atomic E-state index is 0.0925. The van der Waals surface area contributed by atoms with Gasteiger partial charge in [-0.3, -0.25) is 5.32 Å². The van der Waals surface area contributed by atoms with Crippen LogP contribution in [0, 0.1) is 0 Å². The summed E-state index contributed by atoms with van der Waals surface area (Å²) in [7, 11) is 1.74. The zero-order chi connectivity index (χ0) is 8.39. The molecular formula is C10H13NO. The van der Waals surface area contributed by atoms with Crippen LogP contribution < -0.4 is 5.32 Å². The Morgan fingerprint density at radius 1 is 1.42 bits per heavy atom. The lowest BCUT2D eigenvalue weighted by molar-refractivity contribution is 0.0685. The van der Waals surface area contributed by atoms with Gasteiger partial charge in [0.1, 0.15) is 6.23 Å². The molecule has 1 aliphatic rings. The summed E-state index contributed by atoms with van der Waals surface area (Å²) in [5, 5.41) is 3.30. The molecule has 0 fully saturated rings. The van der Waals surface area contributed by atoms with Crippen LogP contribution in [0.15, 0.2) is 24.3 Å². The van der Waals surface area contributed by atoms with Crippen LogP contribution >= 0.6 is 0 Å². The van der Waals surface area contributed by atoms with Crippen molar-refractivity contribution >= 4 is 0 Å². The molecule has 2 heteroatoms.